The van der Waals surface area contributed by atoms with E-state index < -0.39 is 0 Å². The maximum absolute atomic E-state index is 12.0. The molecule has 3 heteroatoms. The molecule has 1 aliphatic heterocycles. The molecule has 1 saturated heterocycles. The van der Waals surface area contributed by atoms with E-state index >= 15 is 0 Å². The Hall–Kier alpha value is -1.51. The molecule has 1 aliphatic rings. The summed E-state index contributed by atoms with van der Waals surface area (Å²) in [7, 11) is 0. The zero-order chi connectivity index (χ0) is 13.1. The summed E-state index contributed by atoms with van der Waals surface area (Å²) in [5, 5.41) is 2.94. The van der Waals surface area contributed by atoms with Gasteiger partial charge in [-0.3, -0.25) is 4.79 Å². The minimum Gasteiger partial charge on any atom is -0.371 e. The van der Waals surface area contributed by atoms with Crippen LogP contribution in [0, 0.1) is 6.92 Å². The van der Waals surface area contributed by atoms with Gasteiger partial charge in [0.1, 0.15) is 0 Å². The van der Waals surface area contributed by atoms with Crippen LogP contribution in [-0.4, -0.2) is 25.0 Å². The van der Waals surface area contributed by atoms with Gasteiger partial charge in [0.2, 0.25) is 0 Å². The van der Waals surface area contributed by atoms with E-state index in [1.54, 1.807) is 0 Å². The van der Waals surface area contributed by atoms with Crippen LogP contribution in [0.5, 0.6) is 0 Å². The Balaban J connectivity index is 2.22. The highest BCUT2D eigenvalue weighted by Gasteiger charge is 2.16. The second-order valence-corrected chi connectivity index (χ2v) is 5.32. The normalized spacial score (nSPS) is 15.2. The molecule has 0 radical (unpaired) electrons. The van der Waals surface area contributed by atoms with Gasteiger partial charge in [-0.15, -0.1) is 0 Å². The maximum Gasteiger partial charge on any atom is 0.251 e. The van der Waals surface area contributed by atoms with Gasteiger partial charge >= 0.3 is 0 Å². The molecule has 1 amide bonds. The standard InChI is InChI=1S/C15H22N2O/c1-11(2)16-15(18)13-7-6-12(3)14(10-13)17-8-4-5-9-17/h6-7,10-11H,4-5,8-9H2,1-3H3,(H,16,18). The molecule has 0 aromatic heterocycles. The lowest BCUT2D eigenvalue weighted by molar-refractivity contribution is 0.0943. The minimum absolute atomic E-state index is 0.0189. The van der Waals surface area contributed by atoms with E-state index in [0.717, 1.165) is 18.7 Å². The zero-order valence-electron chi connectivity index (χ0n) is 11.5. The topological polar surface area (TPSA) is 32.3 Å². The fourth-order valence-corrected chi connectivity index (χ4v) is 2.39. The van der Waals surface area contributed by atoms with E-state index in [4.69, 9.17) is 0 Å². The Labute approximate surface area is 109 Å². The molecule has 1 heterocycles. The van der Waals surface area contributed by atoms with Crippen LogP contribution in [-0.2, 0) is 0 Å². The lowest BCUT2D eigenvalue weighted by Crippen LogP contribution is -2.30. The molecule has 0 unspecified atom stereocenters. The number of rotatable bonds is 3. The van der Waals surface area contributed by atoms with Crippen molar-refractivity contribution in [2.24, 2.45) is 0 Å². The van der Waals surface area contributed by atoms with E-state index in [0.29, 0.717) is 0 Å². The first-order chi connectivity index (χ1) is 8.58. The van der Waals surface area contributed by atoms with Crippen LogP contribution >= 0.6 is 0 Å². The Morgan fingerprint density at radius 2 is 1.94 bits per heavy atom. The summed E-state index contributed by atoms with van der Waals surface area (Å²) >= 11 is 0. The van der Waals surface area contributed by atoms with Crippen molar-refractivity contribution in [1.29, 1.82) is 0 Å². The fourth-order valence-electron chi connectivity index (χ4n) is 2.39. The van der Waals surface area contributed by atoms with Gasteiger partial charge in [-0.05, 0) is 51.3 Å². The van der Waals surface area contributed by atoms with Gasteiger partial charge in [0.15, 0.2) is 0 Å². The summed E-state index contributed by atoms with van der Waals surface area (Å²) in [4.78, 5) is 14.4. The molecular weight excluding hydrogens is 224 g/mol. The van der Waals surface area contributed by atoms with Gasteiger partial charge in [0.25, 0.3) is 5.91 Å². The van der Waals surface area contributed by atoms with Crippen LogP contribution in [0.2, 0.25) is 0 Å². The number of hydrogen-bond acceptors (Lipinski definition) is 2. The molecule has 0 saturated carbocycles. The predicted molar refractivity (Wildman–Crippen MR) is 75.2 cm³/mol. The van der Waals surface area contributed by atoms with Crippen LogP contribution in [0.4, 0.5) is 5.69 Å². The number of hydrogen-bond donors (Lipinski definition) is 1. The number of carbonyl (C=O) groups excluding carboxylic acids is 1. The summed E-state index contributed by atoms with van der Waals surface area (Å²) in [6, 6.07) is 6.16. The van der Waals surface area contributed by atoms with Crippen LogP contribution < -0.4 is 10.2 Å². The van der Waals surface area contributed by atoms with Gasteiger partial charge in [-0.1, -0.05) is 6.07 Å². The second kappa shape index (κ2) is 5.42. The number of nitrogens with one attached hydrogen (secondary N) is 1. The SMILES string of the molecule is Cc1ccc(C(=O)NC(C)C)cc1N1CCCC1. The summed E-state index contributed by atoms with van der Waals surface area (Å²) in [5.41, 5.74) is 3.22. The minimum atomic E-state index is 0.0189. The third-order valence-electron chi connectivity index (χ3n) is 3.34. The van der Waals surface area contributed by atoms with Crippen LogP contribution in [0.25, 0.3) is 0 Å². The van der Waals surface area contributed by atoms with Crippen molar-refractivity contribution in [3.8, 4) is 0 Å². The van der Waals surface area contributed by atoms with Crippen molar-refractivity contribution in [1.82, 2.24) is 5.32 Å². The molecular formula is C15H22N2O. The van der Waals surface area contributed by atoms with Gasteiger partial charge in [-0.2, -0.15) is 0 Å². The van der Waals surface area contributed by atoms with Crippen molar-refractivity contribution >= 4 is 11.6 Å². The van der Waals surface area contributed by atoms with Crippen LogP contribution in [0.1, 0.15) is 42.6 Å². The van der Waals surface area contributed by atoms with Crippen molar-refractivity contribution in [3.05, 3.63) is 29.3 Å². The van der Waals surface area contributed by atoms with Gasteiger partial charge in [0.05, 0.1) is 0 Å². The summed E-state index contributed by atoms with van der Waals surface area (Å²) in [6.45, 7) is 8.28. The monoisotopic (exact) mass is 246 g/mol. The molecule has 0 spiro atoms. The smallest absolute Gasteiger partial charge is 0.251 e. The lowest BCUT2D eigenvalue weighted by Gasteiger charge is -2.21. The molecule has 1 fully saturated rings. The third-order valence-corrected chi connectivity index (χ3v) is 3.34. The maximum atomic E-state index is 12.0. The number of anilines is 1. The Kier molecular flexibility index (Phi) is 3.90. The van der Waals surface area contributed by atoms with Crippen LogP contribution in [0.15, 0.2) is 18.2 Å². The first kappa shape index (κ1) is 12.9. The van der Waals surface area contributed by atoms with E-state index in [1.807, 2.05) is 32.0 Å². The third kappa shape index (κ3) is 2.84. The first-order valence-corrected chi connectivity index (χ1v) is 6.74. The number of carbonyl (C=O) groups is 1. The van der Waals surface area contributed by atoms with E-state index in [-0.39, 0.29) is 11.9 Å². The molecule has 18 heavy (non-hydrogen) atoms. The van der Waals surface area contributed by atoms with Crippen molar-refractivity contribution in [3.63, 3.8) is 0 Å². The Morgan fingerprint density at radius 3 is 2.56 bits per heavy atom. The average molecular weight is 246 g/mol. The molecule has 1 N–H and O–H groups in total. The summed E-state index contributed by atoms with van der Waals surface area (Å²) in [5.74, 6) is 0.0189. The zero-order valence-corrected chi connectivity index (χ0v) is 11.5. The number of benzene rings is 1. The quantitative estimate of drug-likeness (QED) is 0.889. The number of nitrogens with zero attached hydrogens (tertiary/aromatic N) is 1. The molecule has 1 aromatic rings. The fraction of sp³-hybridized carbons (Fsp3) is 0.533. The largest absolute Gasteiger partial charge is 0.371 e. The highest BCUT2D eigenvalue weighted by molar-refractivity contribution is 5.95. The Morgan fingerprint density at radius 1 is 1.28 bits per heavy atom. The molecule has 3 nitrogen and oxygen atoms in total. The van der Waals surface area contributed by atoms with Gasteiger partial charge in [-0.25, -0.2) is 0 Å². The lowest BCUT2D eigenvalue weighted by atomic mass is 10.1. The average Bonchev–Trinajstić information content (AvgIpc) is 2.82. The number of amides is 1. The van der Waals surface area contributed by atoms with Crippen molar-refractivity contribution in [2.45, 2.75) is 39.7 Å². The molecule has 98 valence electrons. The summed E-state index contributed by atoms with van der Waals surface area (Å²) < 4.78 is 0. The van der Waals surface area contributed by atoms with Crippen molar-refractivity contribution < 1.29 is 4.79 Å². The molecule has 0 atom stereocenters. The molecule has 1 aromatic carbocycles. The number of aryl methyl sites for hydroxylation is 1. The van der Waals surface area contributed by atoms with Crippen molar-refractivity contribution in [2.75, 3.05) is 18.0 Å². The van der Waals surface area contributed by atoms with E-state index in [2.05, 4.69) is 17.1 Å². The van der Waals surface area contributed by atoms with Crippen LogP contribution in [0.3, 0.4) is 0 Å². The summed E-state index contributed by atoms with van der Waals surface area (Å²) in [6.07, 6.45) is 2.50. The molecule has 2 rings (SSSR count). The molecule has 0 aliphatic carbocycles. The molecule has 0 bridgehead atoms. The predicted octanol–water partition coefficient (Wildman–Crippen LogP) is 2.73. The van der Waals surface area contributed by atoms with E-state index in [9.17, 15) is 4.79 Å². The van der Waals surface area contributed by atoms with E-state index in [1.165, 1.54) is 24.1 Å². The van der Waals surface area contributed by atoms with Gasteiger partial charge < -0.3 is 10.2 Å². The highest BCUT2D eigenvalue weighted by atomic mass is 16.1. The Bertz CT molecular complexity index is 434. The second-order valence-electron chi connectivity index (χ2n) is 5.32. The highest BCUT2D eigenvalue weighted by Crippen LogP contribution is 2.25. The van der Waals surface area contributed by atoms with Gasteiger partial charge in [0, 0.05) is 30.4 Å². The first-order valence-electron chi connectivity index (χ1n) is 6.74.